The fraction of sp³-hybridized carbons (Fsp3) is 0.733. The molecule has 0 radical (unpaired) electrons. The molecule has 2 atom stereocenters. The molecule has 3 fully saturated rings. The molecule has 1 aromatic rings. The maximum atomic E-state index is 5.89. The first-order chi connectivity index (χ1) is 10.2. The van der Waals surface area contributed by atoms with Crippen molar-refractivity contribution in [2.24, 2.45) is 17.8 Å². The van der Waals surface area contributed by atoms with Crippen molar-refractivity contribution in [1.82, 2.24) is 14.9 Å². The normalized spacial score (nSPS) is 28.9. The molecule has 0 spiro atoms. The van der Waals surface area contributed by atoms with Crippen molar-refractivity contribution in [1.29, 1.82) is 0 Å². The van der Waals surface area contributed by atoms with Gasteiger partial charge >= 0.3 is 0 Å². The van der Waals surface area contributed by atoms with E-state index in [2.05, 4.69) is 38.2 Å². The maximum Gasteiger partial charge on any atom is 0.223 e. The Balaban J connectivity index is 1.47. The predicted molar refractivity (Wildman–Crippen MR) is 84.3 cm³/mol. The van der Waals surface area contributed by atoms with Crippen LogP contribution in [0.5, 0.6) is 0 Å². The van der Waals surface area contributed by atoms with E-state index in [-0.39, 0.29) is 0 Å². The Morgan fingerprint density at radius 1 is 1.19 bits per heavy atom. The summed E-state index contributed by atoms with van der Waals surface area (Å²) in [5, 5.41) is 3.40. The van der Waals surface area contributed by atoms with Crippen LogP contribution in [0.4, 0.5) is 17.6 Å². The quantitative estimate of drug-likeness (QED) is 0.857. The zero-order valence-electron chi connectivity index (χ0n) is 12.6. The van der Waals surface area contributed by atoms with Crippen molar-refractivity contribution in [3.8, 4) is 0 Å². The number of nitrogen functional groups attached to an aromatic ring is 1. The molecule has 1 aromatic heterocycles. The van der Waals surface area contributed by atoms with Crippen LogP contribution in [0.2, 0.25) is 0 Å². The van der Waals surface area contributed by atoms with Gasteiger partial charge in [0.15, 0.2) is 0 Å². The number of likely N-dealkylation sites (tertiary alicyclic amines) is 1. The molecule has 6 nitrogen and oxygen atoms in total. The first-order valence-electron chi connectivity index (χ1n) is 7.99. The highest BCUT2D eigenvalue weighted by Gasteiger charge is 2.39. The van der Waals surface area contributed by atoms with Gasteiger partial charge in [-0.05, 0) is 37.6 Å². The van der Waals surface area contributed by atoms with Crippen molar-refractivity contribution in [3.05, 3.63) is 6.07 Å². The second-order valence-electron chi connectivity index (χ2n) is 6.94. The Morgan fingerprint density at radius 2 is 1.90 bits per heavy atom. The Labute approximate surface area is 125 Å². The van der Waals surface area contributed by atoms with E-state index in [0.717, 1.165) is 49.0 Å². The lowest BCUT2D eigenvalue weighted by atomic mass is 10.0. The van der Waals surface area contributed by atoms with E-state index in [9.17, 15) is 0 Å². The van der Waals surface area contributed by atoms with Crippen LogP contribution in [0, 0.1) is 17.8 Å². The van der Waals surface area contributed by atoms with E-state index in [1.54, 1.807) is 0 Å². The van der Waals surface area contributed by atoms with Crippen LogP contribution in [0.15, 0.2) is 6.07 Å². The number of fused-ring (bicyclic) bond motifs is 1. The summed E-state index contributed by atoms with van der Waals surface area (Å²) in [4.78, 5) is 13.6. The van der Waals surface area contributed by atoms with Crippen LogP contribution in [0.25, 0.3) is 0 Å². The number of rotatable bonds is 4. The summed E-state index contributed by atoms with van der Waals surface area (Å²) >= 11 is 0. The Bertz CT molecular complexity index is 515. The molecule has 21 heavy (non-hydrogen) atoms. The number of nitrogens with zero attached hydrogens (tertiary/aromatic N) is 4. The summed E-state index contributed by atoms with van der Waals surface area (Å²) in [7, 11) is 2.21. The second kappa shape index (κ2) is 5.02. The molecule has 0 amide bonds. The molecule has 3 aliphatic rings. The molecule has 0 bridgehead atoms. The van der Waals surface area contributed by atoms with Gasteiger partial charge in [0.2, 0.25) is 5.95 Å². The van der Waals surface area contributed by atoms with Gasteiger partial charge in [0.25, 0.3) is 0 Å². The standard InChI is InChI=1S/C15H24N6/c1-20-6-11-8-21(9-12(11)7-20)14-4-13(18-15(16)19-14)17-5-10-2-3-10/h4,10-12H,2-3,5-9H2,1H3,(H3,16,17,18,19)/t11-,12+. The van der Waals surface area contributed by atoms with E-state index in [4.69, 9.17) is 5.73 Å². The van der Waals surface area contributed by atoms with Gasteiger partial charge in [0, 0.05) is 38.8 Å². The fourth-order valence-electron chi connectivity index (χ4n) is 3.69. The number of nitrogens with one attached hydrogen (secondary N) is 1. The summed E-state index contributed by atoms with van der Waals surface area (Å²) in [6.45, 7) is 5.59. The van der Waals surface area contributed by atoms with Gasteiger partial charge in [-0.3, -0.25) is 0 Å². The lowest BCUT2D eigenvalue weighted by molar-refractivity contribution is 0.387. The van der Waals surface area contributed by atoms with Crippen LogP contribution in [0.1, 0.15) is 12.8 Å². The van der Waals surface area contributed by atoms with E-state index in [1.807, 2.05) is 0 Å². The lowest BCUT2D eigenvalue weighted by Crippen LogP contribution is -2.27. The molecule has 0 unspecified atom stereocenters. The van der Waals surface area contributed by atoms with Gasteiger partial charge in [0.05, 0.1) is 0 Å². The summed E-state index contributed by atoms with van der Waals surface area (Å²) in [5.41, 5.74) is 5.89. The predicted octanol–water partition coefficient (Wildman–Crippen LogP) is 0.879. The molecular weight excluding hydrogens is 264 g/mol. The van der Waals surface area contributed by atoms with Crippen molar-refractivity contribution >= 4 is 17.6 Å². The van der Waals surface area contributed by atoms with E-state index < -0.39 is 0 Å². The zero-order valence-corrected chi connectivity index (χ0v) is 12.6. The van der Waals surface area contributed by atoms with Gasteiger partial charge in [-0.2, -0.15) is 9.97 Å². The number of aromatic nitrogens is 2. The minimum atomic E-state index is 0.375. The highest BCUT2D eigenvalue weighted by Crippen LogP contribution is 2.33. The number of hydrogen-bond donors (Lipinski definition) is 2. The van der Waals surface area contributed by atoms with Crippen molar-refractivity contribution in [2.45, 2.75) is 12.8 Å². The van der Waals surface area contributed by atoms with E-state index in [0.29, 0.717) is 5.95 Å². The third-order valence-corrected chi connectivity index (χ3v) is 4.99. The van der Waals surface area contributed by atoms with Crippen LogP contribution >= 0.6 is 0 Å². The second-order valence-corrected chi connectivity index (χ2v) is 6.94. The monoisotopic (exact) mass is 288 g/mol. The molecule has 114 valence electrons. The number of nitrogens with two attached hydrogens (primary N) is 1. The first kappa shape index (κ1) is 13.1. The average molecular weight is 288 g/mol. The van der Waals surface area contributed by atoms with E-state index in [1.165, 1.54) is 25.9 Å². The number of anilines is 3. The van der Waals surface area contributed by atoms with Gasteiger partial charge in [0.1, 0.15) is 11.6 Å². The largest absolute Gasteiger partial charge is 0.370 e. The fourth-order valence-corrected chi connectivity index (χ4v) is 3.69. The summed E-state index contributed by atoms with van der Waals surface area (Å²) < 4.78 is 0. The van der Waals surface area contributed by atoms with Gasteiger partial charge < -0.3 is 20.9 Å². The summed E-state index contributed by atoms with van der Waals surface area (Å²) in [6.07, 6.45) is 2.67. The zero-order chi connectivity index (χ0) is 14.4. The van der Waals surface area contributed by atoms with Crippen LogP contribution in [-0.2, 0) is 0 Å². The SMILES string of the molecule is CN1C[C@@H]2CN(c3cc(NCC4CC4)nc(N)n3)C[C@@H]2C1. The van der Waals surface area contributed by atoms with Gasteiger partial charge in [-0.25, -0.2) is 0 Å². The maximum absolute atomic E-state index is 5.89. The molecule has 2 saturated heterocycles. The van der Waals surface area contributed by atoms with Crippen molar-refractivity contribution < 1.29 is 0 Å². The Kier molecular flexibility index (Phi) is 3.14. The smallest absolute Gasteiger partial charge is 0.223 e. The van der Waals surface area contributed by atoms with Crippen molar-refractivity contribution in [3.63, 3.8) is 0 Å². The van der Waals surface area contributed by atoms with Gasteiger partial charge in [-0.1, -0.05) is 0 Å². The average Bonchev–Trinajstić information content (AvgIpc) is 3.09. The highest BCUT2D eigenvalue weighted by atomic mass is 15.3. The topological polar surface area (TPSA) is 70.3 Å². The molecule has 0 aromatic carbocycles. The van der Waals surface area contributed by atoms with E-state index >= 15 is 0 Å². The molecule has 4 rings (SSSR count). The number of hydrogen-bond acceptors (Lipinski definition) is 6. The highest BCUT2D eigenvalue weighted by molar-refractivity contribution is 5.53. The third-order valence-electron chi connectivity index (χ3n) is 4.99. The minimum absolute atomic E-state index is 0.375. The lowest BCUT2D eigenvalue weighted by Gasteiger charge is -2.21. The Hall–Kier alpha value is -1.56. The van der Waals surface area contributed by atoms with Crippen LogP contribution in [-0.4, -0.2) is 54.6 Å². The summed E-state index contributed by atoms with van der Waals surface area (Å²) in [6, 6.07) is 2.06. The molecule has 3 heterocycles. The van der Waals surface area contributed by atoms with Gasteiger partial charge in [-0.15, -0.1) is 0 Å². The molecule has 6 heteroatoms. The Morgan fingerprint density at radius 3 is 2.57 bits per heavy atom. The molecule has 1 saturated carbocycles. The summed E-state index contributed by atoms with van der Waals surface area (Å²) in [5.74, 6) is 4.60. The minimum Gasteiger partial charge on any atom is -0.370 e. The first-order valence-corrected chi connectivity index (χ1v) is 7.99. The molecule has 1 aliphatic carbocycles. The molecular formula is C15H24N6. The molecule has 2 aliphatic heterocycles. The van der Waals surface area contributed by atoms with Crippen LogP contribution < -0.4 is 16.0 Å². The van der Waals surface area contributed by atoms with Crippen LogP contribution in [0.3, 0.4) is 0 Å². The molecule has 3 N–H and O–H groups in total. The third kappa shape index (κ3) is 2.77. The van der Waals surface area contributed by atoms with Crippen molar-refractivity contribution in [2.75, 3.05) is 55.7 Å².